The second-order valence-corrected chi connectivity index (χ2v) is 7.56. The fraction of sp³-hybridized carbons (Fsp3) is 0.318. The Balaban J connectivity index is 1.74. The number of nitrogens with two attached hydrogens (primary N) is 2. The van der Waals surface area contributed by atoms with Crippen molar-refractivity contribution in [1.82, 2.24) is 15.1 Å². The van der Waals surface area contributed by atoms with Crippen molar-refractivity contribution in [3.8, 4) is 5.75 Å². The summed E-state index contributed by atoms with van der Waals surface area (Å²) >= 11 is 0. The number of alkyl halides is 3. The largest absolute Gasteiger partial charge is 0.496 e. The summed E-state index contributed by atoms with van der Waals surface area (Å²) in [7, 11) is 1.48. The maximum absolute atomic E-state index is 13.2. The van der Waals surface area contributed by atoms with Crippen LogP contribution in [0.5, 0.6) is 5.75 Å². The monoisotopic (exact) mass is 463 g/mol. The van der Waals surface area contributed by atoms with Crippen LogP contribution in [-0.4, -0.2) is 41.4 Å². The summed E-state index contributed by atoms with van der Waals surface area (Å²) in [5.74, 6) is -1.32. The van der Waals surface area contributed by atoms with Crippen LogP contribution in [-0.2, 0) is 0 Å². The number of carbonyl (C=O) groups excluding carboxylic acids is 2. The number of ether oxygens (including phenoxy) is 1. The molecule has 1 aromatic carbocycles. The predicted octanol–water partition coefficient (Wildman–Crippen LogP) is 3.09. The van der Waals surface area contributed by atoms with Crippen LogP contribution in [0.4, 0.5) is 19.0 Å². The molecule has 8 nitrogen and oxygen atoms in total. The number of rotatable bonds is 7. The molecule has 0 radical (unpaired) electrons. The van der Waals surface area contributed by atoms with Gasteiger partial charge in [-0.05, 0) is 37.0 Å². The second-order valence-electron chi connectivity index (χ2n) is 7.56. The zero-order valence-electron chi connectivity index (χ0n) is 18.0. The van der Waals surface area contributed by atoms with Crippen LogP contribution in [0.15, 0.2) is 42.5 Å². The van der Waals surface area contributed by atoms with Crippen LogP contribution < -0.4 is 21.5 Å². The molecule has 2 amide bonds. The molecule has 0 fully saturated rings. The number of nitrogens with zero attached hydrogens (tertiary/aromatic N) is 2. The van der Waals surface area contributed by atoms with E-state index in [1.165, 1.54) is 7.11 Å². The van der Waals surface area contributed by atoms with Crippen molar-refractivity contribution in [2.45, 2.75) is 25.6 Å². The van der Waals surface area contributed by atoms with Crippen LogP contribution in [0.3, 0.4) is 0 Å². The second kappa shape index (κ2) is 9.39. The molecule has 0 saturated carbocycles. The van der Waals surface area contributed by atoms with Crippen molar-refractivity contribution in [1.29, 1.82) is 0 Å². The van der Waals surface area contributed by atoms with Gasteiger partial charge in [-0.15, -0.1) is 0 Å². The third kappa shape index (κ3) is 5.02. The molecular weight excluding hydrogens is 439 g/mol. The summed E-state index contributed by atoms with van der Waals surface area (Å²) in [6, 6.07) is 4.79. The molecule has 0 aliphatic heterocycles. The number of allylic oxidation sites excluding steroid dienone is 3. The zero-order valence-corrected chi connectivity index (χ0v) is 18.0. The topological polar surface area (TPSA) is 125 Å². The van der Waals surface area contributed by atoms with Crippen molar-refractivity contribution in [3.05, 3.63) is 59.3 Å². The van der Waals surface area contributed by atoms with E-state index in [1.807, 2.05) is 0 Å². The minimum Gasteiger partial charge on any atom is -0.496 e. The molecule has 176 valence electrons. The van der Waals surface area contributed by atoms with E-state index in [2.05, 4.69) is 10.4 Å². The molecule has 1 aliphatic rings. The number of anilines is 1. The lowest BCUT2D eigenvalue weighted by Gasteiger charge is -2.18. The Morgan fingerprint density at radius 3 is 2.61 bits per heavy atom. The van der Waals surface area contributed by atoms with Gasteiger partial charge in [0.05, 0.1) is 12.7 Å². The number of methoxy groups -OCH3 is 1. The van der Waals surface area contributed by atoms with Crippen LogP contribution >= 0.6 is 0 Å². The van der Waals surface area contributed by atoms with Crippen LogP contribution in [0, 0.1) is 5.92 Å². The first-order chi connectivity index (χ1) is 15.5. The van der Waals surface area contributed by atoms with Gasteiger partial charge in [-0.3, -0.25) is 9.59 Å². The number of benzene rings is 1. The third-order valence-electron chi connectivity index (χ3n) is 5.37. The number of hydrogen-bond donors (Lipinski definition) is 3. The number of nitrogen functional groups attached to an aromatic ring is 1. The Morgan fingerprint density at radius 2 is 2.03 bits per heavy atom. The molecule has 1 heterocycles. The number of para-hydroxylation sites is 1. The highest BCUT2D eigenvalue weighted by atomic mass is 19.4. The Morgan fingerprint density at radius 1 is 1.33 bits per heavy atom. The fourth-order valence-electron chi connectivity index (χ4n) is 3.47. The molecule has 1 aliphatic carbocycles. The van der Waals surface area contributed by atoms with Crippen molar-refractivity contribution in [2.75, 3.05) is 19.4 Å². The average Bonchev–Trinajstić information content (AvgIpc) is 3.13. The molecule has 11 heteroatoms. The number of halogens is 3. The molecule has 0 bridgehead atoms. The summed E-state index contributed by atoms with van der Waals surface area (Å²) in [5, 5.41) is 6.78. The number of hydrogen-bond acceptors (Lipinski definition) is 5. The fourth-order valence-corrected chi connectivity index (χ4v) is 3.47. The van der Waals surface area contributed by atoms with E-state index in [-0.39, 0.29) is 23.1 Å². The normalized spacial score (nSPS) is 16.8. The zero-order chi connectivity index (χ0) is 24.3. The first-order valence-corrected chi connectivity index (χ1v) is 10.1. The average molecular weight is 463 g/mol. The molecule has 0 spiro atoms. The van der Waals surface area contributed by atoms with E-state index in [0.29, 0.717) is 34.5 Å². The Hall–Kier alpha value is -3.76. The van der Waals surface area contributed by atoms with Crippen LogP contribution in [0.25, 0.3) is 5.57 Å². The highest BCUT2D eigenvalue weighted by molar-refractivity contribution is 6.02. The lowest BCUT2D eigenvalue weighted by Crippen LogP contribution is -2.29. The van der Waals surface area contributed by atoms with Crippen molar-refractivity contribution >= 4 is 23.2 Å². The Kier molecular flexibility index (Phi) is 6.80. The third-order valence-corrected chi connectivity index (χ3v) is 5.37. The van der Waals surface area contributed by atoms with Crippen LogP contribution in [0.2, 0.25) is 0 Å². The maximum atomic E-state index is 13.2. The molecular formula is C22H24F3N5O3. The Labute approximate surface area is 188 Å². The summed E-state index contributed by atoms with van der Waals surface area (Å²) in [6.07, 6.45) is 0.980. The molecule has 2 atom stereocenters. The van der Waals surface area contributed by atoms with E-state index >= 15 is 0 Å². The van der Waals surface area contributed by atoms with Gasteiger partial charge < -0.3 is 21.5 Å². The van der Waals surface area contributed by atoms with Gasteiger partial charge in [0.25, 0.3) is 11.8 Å². The summed E-state index contributed by atoms with van der Waals surface area (Å²) in [6.45, 7) is 1.21. The lowest BCUT2D eigenvalue weighted by molar-refractivity contribution is -0.164. The highest BCUT2D eigenvalue weighted by Crippen LogP contribution is 2.35. The number of nitrogens with one attached hydrogen (secondary N) is 1. The van der Waals surface area contributed by atoms with E-state index in [1.54, 1.807) is 42.5 Å². The first-order valence-electron chi connectivity index (χ1n) is 10.1. The predicted molar refractivity (Wildman–Crippen MR) is 116 cm³/mol. The molecule has 0 saturated heterocycles. The maximum Gasteiger partial charge on any atom is 0.410 e. The quantitative estimate of drug-likeness (QED) is 0.582. The Bertz CT molecular complexity index is 1120. The van der Waals surface area contributed by atoms with Crippen molar-refractivity contribution < 1.29 is 27.5 Å². The molecule has 33 heavy (non-hydrogen) atoms. The lowest BCUT2D eigenvalue weighted by atomic mass is 9.93. The summed E-state index contributed by atoms with van der Waals surface area (Å²) in [5.41, 5.74) is 11.7. The molecule has 3 rings (SSSR count). The molecule has 2 unspecified atom stereocenters. The first kappa shape index (κ1) is 23.9. The van der Waals surface area contributed by atoms with Crippen molar-refractivity contribution in [2.24, 2.45) is 11.7 Å². The van der Waals surface area contributed by atoms with Gasteiger partial charge in [0.2, 0.25) is 0 Å². The van der Waals surface area contributed by atoms with E-state index in [9.17, 15) is 22.8 Å². The number of carbonyl (C=O) groups is 2. The number of amides is 2. The van der Waals surface area contributed by atoms with Gasteiger partial charge >= 0.3 is 6.18 Å². The van der Waals surface area contributed by atoms with Gasteiger partial charge in [0, 0.05) is 6.54 Å². The highest BCUT2D eigenvalue weighted by Gasteiger charge is 2.40. The van der Waals surface area contributed by atoms with E-state index in [0.717, 1.165) is 6.92 Å². The van der Waals surface area contributed by atoms with Crippen LogP contribution in [0.1, 0.15) is 45.8 Å². The SMILES string of the molecule is COc1ccccc1C(=O)NCC1C=CC(c2nn(C(C)C(F)(F)F)c(N)c2C(N)=O)=CC1. The van der Waals surface area contributed by atoms with Gasteiger partial charge in [-0.25, -0.2) is 4.68 Å². The molecule has 2 aromatic rings. The standard InChI is InChI=1S/C22H24F3N5O3/c1-12(22(23,24)25)30-19(26)17(20(27)31)18(29-30)14-9-7-13(8-10-14)11-28-21(32)15-5-3-4-6-16(15)33-2/h3-7,9-10,12-13H,8,11,26H2,1-2H3,(H2,27,31)(H,28,32). The number of primary amides is 1. The van der Waals surface area contributed by atoms with Crippen molar-refractivity contribution in [3.63, 3.8) is 0 Å². The van der Waals surface area contributed by atoms with Gasteiger partial charge in [0.15, 0.2) is 0 Å². The van der Waals surface area contributed by atoms with Gasteiger partial charge in [0.1, 0.15) is 28.9 Å². The summed E-state index contributed by atoms with van der Waals surface area (Å²) in [4.78, 5) is 24.4. The van der Waals surface area contributed by atoms with E-state index in [4.69, 9.17) is 16.2 Å². The summed E-state index contributed by atoms with van der Waals surface area (Å²) < 4.78 is 45.3. The van der Waals surface area contributed by atoms with E-state index < -0.39 is 23.9 Å². The smallest absolute Gasteiger partial charge is 0.410 e. The van der Waals surface area contributed by atoms with Gasteiger partial charge in [-0.1, -0.05) is 30.4 Å². The number of aromatic nitrogens is 2. The van der Waals surface area contributed by atoms with Gasteiger partial charge in [-0.2, -0.15) is 18.3 Å². The minimum atomic E-state index is -4.60. The molecule has 1 aromatic heterocycles. The minimum absolute atomic E-state index is 0.0103. The molecule has 5 N–H and O–H groups in total.